The maximum Gasteiger partial charge on any atom is 0.317 e. The van der Waals surface area contributed by atoms with E-state index in [0.717, 1.165) is 39.3 Å². The molecule has 1 N–H and O–H groups in total. The molecule has 0 radical (unpaired) electrons. The molecule has 0 bridgehead atoms. The average Bonchev–Trinajstić information content (AvgIpc) is 2.45. The van der Waals surface area contributed by atoms with Crippen LogP contribution in [0.4, 0.5) is 4.79 Å². The van der Waals surface area contributed by atoms with Gasteiger partial charge in [0.2, 0.25) is 5.91 Å². The van der Waals surface area contributed by atoms with Gasteiger partial charge in [-0.15, -0.1) is 0 Å². The highest BCUT2D eigenvalue weighted by Gasteiger charge is 2.13. The maximum atomic E-state index is 11.8. The van der Waals surface area contributed by atoms with Crippen LogP contribution in [-0.2, 0) is 9.53 Å². The lowest BCUT2D eigenvalue weighted by atomic mass is 10.3. The molecule has 1 aliphatic heterocycles. The van der Waals surface area contributed by atoms with Crippen LogP contribution in [-0.4, -0.2) is 93.7 Å². The molecule has 1 aliphatic rings. The number of nitrogens with one attached hydrogen (secondary N) is 1. The second kappa shape index (κ2) is 8.76. The highest BCUT2D eigenvalue weighted by molar-refractivity contribution is 5.83. The van der Waals surface area contributed by atoms with Crippen LogP contribution in [0, 0.1) is 0 Å². The molecule has 1 fully saturated rings. The zero-order valence-corrected chi connectivity index (χ0v) is 12.7. The highest BCUT2D eigenvalue weighted by Crippen LogP contribution is 1.99. The molecule has 7 nitrogen and oxygen atoms in total. The van der Waals surface area contributed by atoms with Crippen molar-refractivity contribution in [2.75, 3.05) is 67.1 Å². The molecule has 0 spiro atoms. The lowest BCUT2D eigenvalue weighted by molar-refractivity contribution is -0.128. The van der Waals surface area contributed by atoms with Crippen molar-refractivity contribution in [3.05, 3.63) is 0 Å². The quantitative estimate of drug-likeness (QED) is 0.711. The highest BCUT2D eigenvalue weighted by atomic mass is 16.5. The third kappa shape index (κ3) is 6.21. The number of morpholine rings is 1. The van der Waals surface area contributed by atoms with E-state index in [-0.39, 0.29) is 18.5 Å². The Kier molecular flexibility index (Phi) is 7.32. The van der Waals surface area contributed by atoms with Crippen LogP contribution in [0.15, 0.2) is 0 Å². The summed E-state index contributed by atoms with van der Waals surface area (Å²) in [5.74, 6) is -0.0674. The van der Waals surface area contributed by atoms with Gasteiger partial charge in [-0.2, -0.15) is 0 Å². The van der Waals surface area contributed by atoms with Gasteiger partial charge in [-0.3, -0.25) is 9.69 Å². The fraction of sp³-hybridized carbons (Fsp3) is 0.846. The molecule has 3 amide bonds. The Bertz CT molecular complexity index is 317. The zero-order chi connectivity index (χ0) is 15.0. The third-order valence-electron chi connectivity index (χ3n) is 3.29. The van der Waals surface area contributed by atoms with Gasteiger partial charge >= 0.3 is 6.03 Å². The van der Waals surface area contributed by atoms with Crippen molar-refractivity contribution in [3.8, 4) is 0 Å². The van der Waals surface area contributed by atoms with E-state index >= 15 is 0 Å². The number of carbonyl (C=O) groups excluding carboxylic acids is 2. The normalized spacial score (nSPS) is 15.8. The topological polar surface area (TPSA) is 65.1 Å². The predicted molar refractivity (Wildman–Crippen MR) is 76.6 cm³/mol. The van der Waals surface area contributed by atoms with E-state index in [0.29, 0.717) is 6.54 Å². The van der Waals surface area contributed by atoms with Crippen molar-refractivity contribution in [2.24, 2.45) is 0 Å². The summed E-state index contributed by atoms with van der Waals surface area (Å²) in [6.45, 7) is 5.26. The molecular formula is C13H26N4O3. The molecule has 0 aromatic rings. The molecule has 0 unspecified atom stereocenters. The first-order chi connectivity index (χ1) is 9.50. The molecule has 0 saturated carbocycles. The largest absolute Gasteiger partial charge is 0.379 e. The lowest BCUT2D eigenvalue weighted by Crippen LogP contribution is -2.43. The van der Waals surface area contributed by atoms with Crippen LogP contribution in [0.25, 0.3) is 0 Å². The number of amides is 3. The number of hydrogen-bond donors (Lipinski definition) is 1. The fourth-order valence-corrected chi connectivity index (χ4v) is 1.93. The summed E-state index contributed by atoms with van der Waals surface area (Å²) in [7, 11) is 5.06. The van der Waals surface area contributed by atoms with E-state index in [4.69, 9.17) is 4.74 Å². The van der Waals surface area contributed by atoms with Gasteiger partial charge in [-0.05, 0) is 6.42 Å². The number of nitrogens with zero attached hydrogens (tertiary/aromatic N) is 3. The Morgan fingerprint density at radius 2 is 1.85 bits per heavy atom. The summed E-state index contributed by atoms with van der Waals surface area (Å²) in [6.07, 6.45) is 0.934. The van der Waals surface area contributed by atoms with Gasteiger partial charge < -0.3 is 19.9 Å². The van der Waals surface area contributed by atoms with E-state index < -0.39 is 0 Å². The van der Waals surface area contributed by atoms with Gasteiger partial charge in [0.05, 0.1) is 19.8 Å². The van der Waals surface area contributed by atoms with Gasteiger partial charge in [0.1, 0.15) is 0 Å². The van der Waals surface area contributed by atoms with Crippen LogP contribution >= 0.6 is 0 Å². The van der Waals surface area contributed by atoms with E-state index in [1.54, 1.807) is 26.0 Å². The molecule has 7 heteroatoms. The Morgan fingerprint density at radius 3 is 2.45 bits per heavy atom. The molecule has 116 valence electrons. The Balaban J connectivity index is 2.12. The van der Waals surface area contributed by atoms with Gasteiger partial charge in [-0.1, -0.05) is 0 Å². The van der Waals surface area contributed by atoms with Crippen molar-refractivity contribution in [1.82, 2.24) is 20.0 Å². The third-order valence-corrected chi connectivity index (χ3v) is 3.29. The van der Waals surface area contributed by atoms with Gasteiger partial charge in [-0.25, -0.2) is 4.79 Å². The van der Waals surface area contributed by atoms with Gasteiger partial charge in [0, 0.05) is 47.3 Å². The van der Waals surface area contributed by atoms with Crippen LogP contribution < -0.4 is 5.32 Å². The van der Waals surface area contributed by atoms with Crippen LogP contribution in [0.3, 0.4) is 0 Å². The molecule has 0 aromatic heterocycles. The van der Waals surface area contributed by atoms with E-state index in [2.05, 4.69) is 10.2 Å². The second-order valence-electron chi connectivity index (χ2n) is 5.18. The van der Waals surface area contributed by atoms with Crippen LogP contribution in [0.5, 0.6) is 0 Å². The molecule has 1 saturated heterocycles. The Morgan fingerprint density at radius 1 is 1.20 bits per heavy atom. The lowest BCUT2D eigenvalue weighted by Gasteiger charge is -2.27. The first kappa shape index (κ1) is 16.7. The second-order valence-corrected chi connectivity index (χ2v) is 5.18. The van der Waals surface area contributed by atoms with Crippen molar-refractivity contribution in [2.45, 2.75) is 6.42 Å². The smallest absolute Gasteiger partial charge is 0.317 e. The Hall–Kier alpha value is -1.34. The number of likely N-dealkylation sites (N-methyl/N-ethyl adjacent to an activating group) is 1. The average molecular weight is 286 g/mol. The molecule has 1 heterocycles. The minimum Gasteiger partial charge on any atom is -0.379 e. The monoisotopic (exact) mass is 286 g/mol. The first-order valence-electron chi connectivity index (χ1n) is 7.00. The summed E-state index contributed by atoms with van der Waals surface area (Å²) in [5, 5.41) is 2.57. The molecular weight excluding hydrogens is 260 g/mol. The zero-order valence-electron chi connectivity index (χ0n) is 12.7. The van der Waals surface area contributed by atoms with Crippen molar-refractivity contribution < 1.29 is 14.3 Å². The molecule has 0 atom stereocenters. The van der Waals surface area contributed by atoms with Crippen LogP contribution in [0.1, 0.15) is 6.42 Å². The maximum absolute atomic E-state index is 11.8. The Labute approximate surface area is 120 Å². The number of rotatable bonds is 6. The predicted octanol–water partition coefficient (Wildman–Crippen LogP) is -0.562. The number of carbonyl (C=O) groups is 2. The summed E-state index contributed by atoms with van der Waals surface area (Å²) >= 11 is 0. The summed E-state index contributed by atoms with van der Waals surface area (Å²) in [4.78, 5) is 28.5. The van der Waals surface area contributed by atoms with Crippen molar-refractivity contribution >= 4 is 11.9 Å². The number of hydrogen-bond acceptors (Lipinski definition) is 4. The minimum atomic E-state index is -0.250. The molecule has 0 aromatic carbocycles. The van der Waals surface area contributed by atoms with Crippen molar-refractivity contribution in [1.29, 1.82) is 0 Å². The first-order valence-corrected chi connectivity index (χ1v) is 7.00. The van der Waals surface area contributed by atoms with E-state index in [9.17, 15) is 9.59 Å². The van der Waals surface area contributed by atoms with Crippen LogP contribution in [0.2, 0.25) is 0 Å². The summed E-state index contributed by atoms with van der Waals surface area (Å²) in [6, 6.07) is -0.250. The number of urea groups is 1. The standard InChI is InChI=1S/C13H26N4O3/c1-15(2)13(19)14-11-12(18)16(3)5-4-6-17-7-9-20-10-8-17/h4-11H2,1-3H3,(H,14,19). The van der Waals surface area contributed by atoms with E-state index in [1.165, 1.54) is 4.90 Å². The molecule has 20 heavy (non-hydrogen) atoms. The minimum absolute atomic E-state index is 0.0467. The van der Waals surface area contributed by atoms with Crippen molar-refractivity contribution in [3.63, 3.8) is 0 Å². The summed E-state index contributed by atoms with van der Waals surface area (Å²) in [5.41, 5.74) is 0. The molecule has 0 aliphatic carbocycles. The van der Waals surface area contributed by atoms with E-state index in [1.807, 2.05) is 0 Å². The van der Waals surface area contributed by atoms with Gasteiger partial charge in [0.15, 0.2) is 0 Å². The van der Waals surface area contributed by atoms with Gasteiger partial charge in [0.25, 0.3) is 0 Å². The molecule has 1 rings (SSSR count). The SMILES string of the molecule is CN(C)C(=O)NCC(=O)N(C)CCCN1CCOCC1. The number of ether oxygens (including phenoxy) is 1. The fourth-order valence-electron chi connectivity index (χ4n) is 1.93. The summed E-state index contributed by atoms with van der Waals surface area (Å²) < 4.78 is 5.29.